The highest BCUT2D eigenvalue weighted by Gasteiger charge is 2.43. The summed E-state index contributed by atoms with van der Waals surface area (Å²) in [5.74, 6) is 0.107. The van der Waals surface area contributed by atoms with E-state index < -0.39 is 23.6 Å². The molecule has 0 radical (unpaired) electrons. The Morgan fingerprint density at radius 1 is 1.35 bits per heavy atom. The number of nitrogens with one attached hydrogen (secondary N) is 2. The molecule has 0 saturated carbocycles. The molecule has 0 aromatic carbocycles. The van der Waals surface area contributed by atoms with Gasteiger partial charge in [0.25, 0.3) is 5.91 Å². The van der Waals surface area contributed by atoms with E-state index in [4.69, 9.17) is 9.47 Å². The zero-order valence-corrected chi connectivity index (χ0v) is 12.7. The average Bonchev–Trinajstić information content (AvgIpc) is 2.39. The van der Waals surface area contributed by atoms with Gasteiger partial charge in [0.15, 0.2) is 6.10 Å². The maximum Gasteiger partial charge on any atom is 0.509 e. The van der Waals surface area contributed by atoms with Crippen molar-refractivity contribution in [2.24, 2.45) is 5.41 Å². The molecule has 1 saturated heterocycles. The number of ether oxygens (including phenoxy) is 2. The van der Waals surface area contributed by atoms with Crippen LogP contribution in [-0.2, 0) is 31.7 Å². The molecule has 8 heteroatoms. The molecule has 1 aliphatic rings. The minimum Gasteiger partial charge on any atom is -0.434 e. The second kappa shape index (κ2) is 7.37. The Balaban J connectivity index is 2.38. The third kappa shape index (κ3) is 4.92. The summed E-state index contributed by atoms with van der Waals surface area (Å²) in [4.78, 5) is 34.4. The van der Waals surface area contributed by atoms with Gasteiger partial charge in [0.2, 0.25) is 5.91 Å². The lowest BCUT2D eigenvalue weighted by molar-refractivity contribution is -0.149. The highest BCUT2D eigenvalue weighted by Crippen LogP contribution is 2.28. The van der Waals surface area contributed by atoms with Crippen LogP contribution in [0.15, 0.2) is 0 Å². The highest BCUT2D eigenvalue weighted by molar-refractivity contribution is 7.58. The number of hydrogen-bond donors (Lipinski definition) is 2. The van der Waals surface area contributed by atoms with Crippen molar-refractivity contribution >= 4 is 30.6 Å². The van der Waals surface area contributed by atoms with E-state index in [1.54, 1.807) is 13.8 Å². The van der Waals surface area contributed by atoms with Crippen molar-refractivity contribution in [1.29, 1.82) is 0 Å². The molecule has 0 spiro atoms. The zero-order chi connectivity index (χ0) is 15.2. The summed E-state index contributed by atoms with van der Waals surface area (Å²) >= 11 is 3.24. The minimum absolute atomic E-state index is 0.120. The van der Waals surface area contributed by atoms with Crippen LogP contribution in [0.25, 0.3) is 0 Å². The largest absolute Gasteiger partial charge is 0.509 e. The van der Waals surface area contributed by atoms with Gasteiger partial charge in [0.1, 0.15) is 12.4 Å². The first-order valence-electron chi connectivity index (χ1n) is 6.39. The van der Waals surface area contributed by atoms with Gasteiger partial charge in [-0.2, -0.15) is 0 Å². The van der Waals surface area contributed by atoms with Crippen LogP contribution < -0.4 is 10.6 Å². The normalized spacial score (nSPS) is 20.6. The van der Waals surface area contributed by atoms with Crippen LogP contribution >= 0.6 is 0 Å². The summed E-state index contributed by atoms with van der Waals surface area (Å²) in [5, 5.41) is 5.26. The zero-order valence-electron chi connectivity index (χ0n) is 11.7. The molecular formula is C12H21N2O5S+. The number of carbonyl (C=O) groups is 3. The van der Waals surface area contributed by atoms with Crippen LogP contribution in [-0.4, -0.2) is 49.5 Å². The van der Waals surface area contributed by atoms with Crippen molar-refractivity contribution in [3.63, 3.8) is 0 Å². The van der Waals surface area contributed by atoms with Crippen LogP contribution in [0.4, 0.5) is 4.79 Å². The van der Waals surface area contributed by atoms with Gasteiger partial charge < -0.3 is 20.1 Å². The molecule has 1 fully saturated rings. The lowest BCUT2D eigenvalue weighted by atomic mass is 9.86. The monoisotopic (exact) mass is 305 g/mol. The quantitative estimate of drug-likeness (QED) is 0.494. The predicted molar refractivity (Wildman–Crippen MR) is 75.7 cm³/mol. The molecule has 2 N–H and O–H groups in total. The lowest BCUT2D eigenvalue weighted by Gasteiger charge is -2.35. The summed E-state index contributed by atoms with van der Waals surface area (Å²) < 4.78 is 9.66. The van der Waals surface area contributed by atoms with Crippen molar-refractivity contribution in [1.82, 2.24) is 10.6 Å². The molecule has 0 aliphatic carbocycles. The Bertz CT molecular complexity index is 386. The van der Waals surface area contributed by atoms with Crippen LogP contribution in [0.2, 0.25) is 0 Å². The first kappa shape index (κ1) is 16.6. The number of cyclic esters (lactones) is 2. The SMILES string of the molecule is CC1(C)COC(=O)O[C@@H]1C(=O)NCCC(=O)NCC[SH2+]. The number of rotatable bonds is 6. The second-order valence-electron chi connectivity index (χ2n) is 5.17. The van der Waals surface area contributed by atoms with E-state index in [1.807, 2.05) is 0 Å². The summed E-state index contributed by atoms with van der Waals surface area (Å²) in [6.07, 6.45) is -1.58. The fraction of sp³-hybridized carbons (Fsp3) is 0.750. The Morgan fingerprint density at radius 2 is 2.05 bits per heavy atom. The summed E-state index contributed by atoms with van der Waals surface area (Å²) in [6, 6.07) is 0. The lowest BCUT2D eigenvalue weighted by Crippen LogP contribution is -2.52. The molecule has 1 rings (SSSR count). The minimum atomic E-state index is -0.908. The van der Waals surface area contributed by atoms with Gasteiger partial charge in [-0.15, -0.1) is 0 Å². The Hall–Kier alpha value is -1.44. The van der Waals surface area contributed by atoms with Gasteiger partial charge in [0.05, 0.1) is 6.54 Å². The van der Waals surface area contributed by atoms with Gasteiger partial charge in [-0.3, -0.25) is 9.59 Å². The predicted octanol–water partition coefficient (Wildman–Crippen LogP) is -0.818. The summed E-state index contributed by atoms with van der Waals surface area (Å²) in [5.41, 5.74) is -0.601. The summed E-state index contributed by atoms with van der Waals surface area (Å²) in [6.45, 7) is 4.39. The number of amides is 2. The first-order valence-corrected chi connectivity index (χ1v) is 7.10. The molecule has 0 unspecified atom stereocenters. The average molecular weight is 305 g/mol. The van der Waals surface area contributed by atoms with Crippen LogP contribution in [0, 0.1) is 5.41 Å². The second-order valence-corrected chi connectivity index (χ2v) is 5.67. The topological polar surface area (TPSA) is 93.7 Å². The van der Waals surface area contributed by atoms with Gasteiger partial charge in [0, 0.05) is 18.4 Å². The van der Waals surface area contributed by atoms with Crippen LogP contribution in [0.3, 0.4) is 0 Å². The molecule has 1 heterocycles. The van der Waals surface area contributed by atoms with Gasteiger partial charge in [-0.1, -0.05) is 13.8 Å². The molecule has 7 nitrogen and oxygen atoms in total. The van der Waals surface area contributed by atoms with Crippen LogP contribution in [0.1, 0.15) is 20.3 Å². The molecule has 20 heavy (non-hydrogen) atoms. The standard InChI is InChI=1S/C12H20N2O5S/c1-12(2)7-18-11(17)19-9(12)10(16)14-4-3-8(15)13-5-6-20/h9,20H,3-7H2,1-2H3,(H,13,15)(H,14,16)/p+1/t9-/m1/s1. The maximum atomic E-state index is 12.0. The molecule has 1 atom stereocenters. The highest BCUT2D eigenvalue weighted by atomic mass is 32.1. The van der Waals surface area contributed by atoms with Crippen molar-refractivity contribution in [2.75, 3.05) is 25.4 Å². The van der Waals surface area contributed by atoms with Gasteiger partial charge >= 0.3 is 6.16 Å². The van der Waals surface area contributed by atoms with E-state index >= 15 is 0 Å². The van der Waals surface area contributed by atoms with Crippen LogP contribution in [0.5, 0.6) is 0 Å². The molecular weight excluding hydrogens is 284 g/mol. The van der Waals surface area contributed by atoms with E-state index in [9.17, 15) is 14.4 Å². The number of hydrogen-bond acceptors (Lipinski definition) is 5. The van der Waals surface area contributed by atoms with Crippen molar-refractivity contribution in [3.05, 3.63) is 0 Å². The van der Waals surface area contributed by atoms with Crippen molar-refractivity contribution in [2.45, 2.75) is 26.4 Å². The van der Waals surface area contributed by atoms with Crippen molar-refractivity contribution in [3.8, 4) is 0 Å². The van der Waals surface area contributed by atoms with Gasteiger partial charge in [-0.05, 0) is 12.6 Å². The maximum absolute atomic E-state index is 12.0. The third-order valence-corrected chi connectivity index (χ3v) is 3.07. The Morgan fingerprint density at radius 3 is 2.70 bits per heavy atom. The van der Waals surface area contributed by atoms with Crippen molar-refractivity contribution < 1.29 is 23.9 Å². The molecule has 114 valence electrons. The Labute approximate surface area is 123 Å². The van der Waals surface area contributed by atoms with E-state index in [0.29, 0.717) is 12.3 Å². The molecule has 0 aromatic rings. The van der Waals surface area contributed by atoms with E-state index in [0.717, 1.165) is 0 Å². The molecule has 0 aromatic heterocycles. The molecule has 1 aliphatic heterocycles. The van der Waals surface area contributed by atoms with Gasteiger partial charge in [-0.25, -0.2) is 4.79 Å². The van der Waals surface area contributed by atoms with E-state index in [-0.39, 0.29) is 25.5 Å². The summed E-state index contributed by atoms with van der Waals surface area (Å²) in [7, 11) is 0. The Kier molecular flexibility index (Phi) is 6.12. The smallest absolute Gasteiger partial charge is 0.434 e. The molecule has 2 amide bonds. The first-order chi connectivity index (χ1) is 9.36. The fourth-order valence-corrected chi connectivity index (χ4v) is 1.83. The van der Waals surface area contributed by atoms with E-state index in [1.165, 1.54) is 0 Å². The molecule has 0 bridgehead atoms. The fourth-order valence-electron chi connectivity index (χ4n) is 1.70. The third-order valence-electron chi connectivity index (χ3n) is 2.82. The number of carbonyl (C=O) groups excluding carboxylic acids is 3. The van der Waals surface area contributed by atoms with E-state index in [2.05, 4.69) is 23.3 Å².